The molecular formula is C11H12BrClO2. The minimum Gasteiger partial charge on any atom is -0.486 e. The number of rotatable bonds is 2. The molecule has 0 radical (unpaired) electrons. The molecule has 1 unspecified atom stereocenters. The van der Waals surface area contributed by atoms with Gasteiger partial charge in [0.2, 0.25) is 0 Å². The van der Waals surface area contributed by atoms with E-state index in [1.807, 2.05) is 12.1 Å². The van der Waals surface area contributed by atoms with E-state index in [2.05, 4.69) is 22.9 Å². The second kappa shape index (κ2) is 4.62. The van der Waals surface area contributed by atoms with Gasteiger partial charge in [-0.2, -0.15) is 0 Å². The van der Waals surface area contributed by atoms with Crippen molar-refractivity contribution < 1.29 is 9.47 Å². The van der Waals surface area contributed by atoms with Gasteiger partial charge in [0, 0.05) is 4.47 Å². The predicted molar refractivity (Wildman–Crippen MR) is 64.0 cm³/mol. The van der Waals surface area contributed by atoms with Crippen molar-refractivity contribution in [1.29, 1.82) is 0 Å². The lowest BCUT2D eigenvalue weighted by molar-refractivity contribution is 0.171. The lowest BCUT2D eigenvalue weighted by Gasteiger charge is -2.21. The SMILES string of the molecule is CCC(Cl)c1cc2c(cc1Br)OCCO2. The van der Waals surface area contributed by atoms with E-state index in [1.165, 1.54) is 0 Å². The highest BCUT2D eigenvalue weighted by Gasteiger charge is 2.17. The van der Waals surface area contributed by atoms with Gasteiger partial charge >= 0.3 is 0 Å². The molecule has 4 heteroatoms. The zero-order valence-corrected chi connectivity index (χ0v) is 10.8. The highest BCUT2D eigenvalue weighted by Crippen LogP contribution is 2.40. The highest BCUT2D eigenvalue weighted by atomic mass is 79.9. The standard InChI is InChI=1S/C11H12BrClO2/c1-2-9(13)7-5-10-11(6-8(7)12)15-4-3-14-10/h5-6,9H,2-4H2,1H3. The molecular weight excluding hydrogens is 279 g/mol. The fourth-order valence-electron chi connectivity index (χ4n) is 1.54. The summed E-state index contributed by atoms with van der Waals surface area (Å²) < 4.78 is 12.0. The summed E-state index contributed by atoms with van der Waals surface area (Å²) in [7, 11) is 0. The molecule has 15 heavy (non-hydrogen) atoms. The predicted octanol–water partition coefficient (Wildman–Crippen LogP) is 3.91. The van der Waals surface area contributed by atoms with Crippen LogP contribution >= 0.6 is 27.5 Å². The minimum absolute atomic E-state index is 0.00945. The Hall–Kier alpha value is -0.410. The largest absolute Gasteiger partial charge is 0.486 e. The number of fused-ring (bicyclic) bond motifs is 1. The molecule has 0 bridgehead atoms. The first-order valence-electron chi connectivity index (χ1n) is 4.95. The number of hydrogen-bond donors (Lipinski definition) is 0. The van der Waals surface area contributed by atoms with Crippen LogP contribution in [-0.2, 0) is 0 Å². The van der Waals surface area contributed by atoms with E-state index in [4.69, 9.17) is 21.1 Å². The van der Waals surface area contributed by atoms with Crippen molar-refractivity contribution in [3.63, 3.8) is 0 Å². The molecule has 1 heterocycles. The van der Waals surface area contributed by atoms with Crippen molar-refractivity contribution in [2.24, 2.45) is 0 Å². The van der Waals surface area contributed by atoms with Gasteiger partial charge in [0.15, 0.2) is 11.5 Å². The van der Waals surface area contributed by atoms with Crippen molar-refractivity contribution in [3.05, 3.63) is 22.2 Å². The molecule has 1 aliphatic rings. The lowest BCUT2D eigenvalue weighted by atomic mass is 10.1. The molecule has 1 aliphatic heterocycles. The van der Waals surface area contributed by atoms with E-state index >= 15 is 0 Å². The van der Waals surface area contributed by atoms with Gasteiger partial charge in [-0.1, -0.05) is 22.9 Å². The van der Waals surface area contributed by atoms with Crippen LogP contribution < -0.4 is 9.47 Å². The summed E-state index contributed by atoms with van der Waals surface area (Å²) in [5, 5.41) is 0.00945. The molecule has 0 saturated carbocycles. The molecule has 2 nitrogen and oxygen atoms in total. The molecule has 0 saturated heterocycles. The highest BCUT2D eigenvalue weighted by molar-refractivity contribution is 9.10. The third kappa shape index (κ3) is 2.23. The second-order valence-electron chi connectivity index (χ2n) is 3.39. The van der Waals surface area contributed by atoms with Gasteiger partial charge in [-0.15, -0.1) is 11.6 Å². The molecule has 1 aromatic carbocycles. The first-order valence-corrected chi connectivity index (χ1v) is 6.18. The summed E-state index contributed by atoms with van der Waals surface area (Å²) in [4.78, 5) is 0. The molecule has 0 aliphatic carbocycles. The van der Waals surface area contributed by atoms with E-state index < -0.39 is 0 Å². The van der Waals surface area contributed by atoms with Gasteiger partial charge in [0.1, 0.15) is 13.2 Å². The van der Waals surface area contributed by atoms with Gasteiger partial charge in [-0.3, -0.25) is 0 Å². The number of halogens is 2. The third-order valence-electron chi connectivity index (χ3n) is 2.36. The van der Waals surface area contributed by atoms with Gasteiger partial charge in [-0.05, 0) is 24.1 Å². The fourth-order valence-corrected chi connectivity index (χ4v) is 2.45. The Morgan fingerprint density at radius 1 is 1.33 bits per heavy atom. The van der Waals surface area contributed by atoms with Crippen molar-refractivity contribution in [1.82, 2.24) is 0 Å². The number of alkyl halides is 1. The van der Waals surface area contributed by atoms with Crippen LogP contribution in [0.3, 0.4) is 0 Å². The first kappa shape index (κ1) is 11.1. The van der Waals surface area contributed by atoms with Crippen LogP contribution in [0, 0.1) is 0 Å². The molecule has 1 aromatic rings. The van der Waals surface area contributed by atoms with E-state index in [0.29, 0.717) is 13.2 Å². The smallest absolute Gasteiger partial charge is 0.162 e. The molecule has 0 N–H and O–H groups in total. The van der Waals surface area contributed by atoms with Crippen molar-refractivity contribution in [2.75, 3.05) is 13.2 Å². The van der Waals surface area contributed by atoms with Gasteiger partial charge in [-0.25, -0.2) is 0 Å². The van der Waals surface area contributed by atoms with E-state index in [-0.39, 0.29) is 5.38 Å². The summed E-state index contributed by atoms with van der Waals surface area (Å²) in [6, 6.07) is 3.88. The summed E-state index contributed by atoms with van der Waals surface area (Å²) in [6.45, 7) is 3.27. The Bertz CT molecular complexity index is 368. The van der Waals surface area contributed by atoms with Gasteiger partial charge < -0.3 is 9.47 Å². The van der Waals surface area contributed by atoms with Crippen LogP contribution in [0.2, 0.25) is 0 Å². The fraction of sp³-hybridized carbons (Fsp3) is 0.455. The van der Waals surface area contributed by atoms with Crippen LogP contribution in [0.4, 0.5) is 0 Å². The Morgan fingerprint density at radius 2 is 1.93 bits per heavy atom. The third-order valence-corrected chi connectivity index (χ3v) is 3.59. The van der Waals surface area contributed by atoms with Crippen LogP contribution in [-0.4, -0.2) is 13.2 Å². The zero-order valence-electron chi connectivity index (χ0n) is 8.43. The summed E-state index contributed by atoms with van der Waals surface area (Å²) >= 11 is 9.71. The van der Waals surface area contributed by atoms with E-state index in [0.717, 1.165) is 28.0 Å². The first-order chi connectivity index (χ1) is 7.22. The Morgan fingerprint density at radius 3 is 2.53 bits per heavy atom. The maximum Gasteiger partial charge on any atom is 0.162 e. The summed E-state index contributed by atoms with van der Waals surface area (Å²) in [6.07, 6.45) is 0.889. The Labute approximate surface area is 103 Å². The molecule has 1 atom stereocenters. The van der Waals surface area contributed by atoms with Crippen LogP contribution in [0.15, 0.2) is 16.6 Å². The maximum absolute atomic E-state index is 6.21. The monoisotopic (exact) mass is 290 g/mol. The molecule has 0 amide bonds. The van der Waals surface area contributed by atoms with E-state index in [9.17, 15) is 0 Å². The van der Waals surface area contributed by atoms with Crippen LogP contribution in [0.25, 0.3) is 0 Å². The Balaban J connectivity index is 2.40. The average molecular weight is 292 g/mol. The number of ether oxygens (including phenoxy) is 2. The second-order valence-corrected chi connectivity index (χ2v) is 4.77. The molecule has 0 aromatic heterocycles. The quantitative estimate of drug-likeness (QED) is 0.769. The zero-order chi connectivity index (χ0) is 10.8. The maximum atomic E-state index is 6.21. The van der Waals surface area contributed by atoms with Gasteiger partial charge in [0.25, 0.3) is 0 Å². The normalized spacial score (nSPS) is 16.2. The molecule has 0 fully saturated rings. The van der Waals surface area contributed by atoms with Crippen LogP contribution in [0.5, 0.6) is 11.5 Å². The van der Waals surface area contributed by atoms with Crippen molar-refractivity contribution in [2.45, 2.75) is 18.7 Å². The Kier molecular flexibility index (Phi) is 3.42. The molecule has 82 valence electrons. The summed E-state index contributed by atoms with van der Waals surface area (Å²) in [5.41, 5.74) is 1.06. The lowest BCUT2D eigenvalue weighted by Crippen LogP contribution is -2.15. The van der Waals surface area contributed by atoms with Crippen molar-refractivity contribution in [3.8, 4) is 11.5 Å². The molecule has 0 spiro atoms. The summed E-state index contributed by atoms with van der Waals surface area (Å²) in [5.74, 6) is 1.58. The van der Waals surface area contributed by atoms with Crippen molar-refractivity contribution >= 4 is 27.5 Å². The molecule has 2 rings (SSSR count). The van der Waals surface area contributed by atoms with E-state index in [1.54, 1.807) is 0 Å². The topological polar surface area (TPSA) is 18.5 Å². The van der Waals surface area contributed by atoms with Crippen LogP contribution in [0.1, 0.15) is 24.3 Å². The number of benzene rings is 1. The number of hydrogen-bond acceptors (Lipinski definition) is 2. The average Bonchev–Trinajstić information content (AvgIpc) is 2.27. The minimum atomic E-state index is 0.00945. The van der Waals surface area contributed by atoms with Gasteiger partial charge in [0.05, 0.1) is 5.38 Å².